The van der Waals surface area contributed by atoms with E-state index in [-0.39, 0.29) is 29.2 Å². The summed E-state index contributed by atoms with van der Waals surface area (Å²) in [5.74, 6) is -2.27. The van der Waals surface area contributed by atoms with Crippen LogP contribution in [0.2, 0.25) is 5.02 Å². The highest BCUT2D eigenvalue weighted by atomic mass is 35.5. The second-order valence-corrected chi connectivity index (χ2v) is 5.69. The monoisotopic (exact) mass is 366 g/mol. The largest absolute Gasteiger partial charge is 0.450 e. The molecule has 0 saturated carbocycles. The third kappa shape index (κ3) is 4.80. The van der Waals surface area contributed by atoms with Crippen LogP contribution in [0.5, 0.6) is 0 Å². The van der Waals surface area contributed by atoms with Gasteiger partial charge in [-0.2, -0.15) is 0 Å². The predicted molar refractivity (Wildman–Crippen MR) is 89.5 cm³/mol. The highest BCUT2D eigenvalue weighted by molar-refractivity contribution is 6.31. The quantitative estimate of drug-likeness (QED) is 0.785. The number of ether oxygens (including phenoxy) is 1. The van der Waals surface area contributed by atoms with Crippen LogP contribution < -0.4 is 10.7 Å². The molecule has 9 heteroatoms. The molecule has 0 atom stereocenters. The molecule has 2 aromatic rings. The Bertz CT molecular complexity index is 890. The maximum Gasteiger partial charge on any atom is 0.374 e. The molecule has 0 saturated heterocycles. The van der Waals surface area contributed by atoms with Crippen molar-refractivity contribution in [3.8, 4) is 0 Å². The number of hydrogen-bond donors (Lipinski definition) is 1. The second-order valence-electron chi connectivity index (χ2n) is 5.26. The summed E-state index contributed by atoms with van der Waals surface area (Å²) in [6, 6.07) is 5.36. The number of carbonyl (C=O) groups is 3. The van der Waals surface area contributed by atoms with E-state index in [0.717, 1.165) is 6.07 Å². The third-order valence-corrected chi connectivity index (χ3v) is 3.40. The molecule has 0 radical (unpaired) electrons. The molecule has 0 aliphatic heterocycles. The number of benzene rings is 1. The molecule has 0 spiro atoms. The third-order valence-electron chi connectivity index (χ3n) is 3.16. The first-order valence-corrected chi connectivity index (χ1v) is 7.53. The van der Waals surface area contributed by atoms with Gasteiger partial charge in [0.25, 0.3) is 5.91 Å². The van der Waals surface area contributed by atoms with Gasteiger partial charge in [-0.05, 0) is 18.2 Å². The van der Waals surface area contributed by atoms with Crippen molar-refractivity contribution < 1.29 is 23.5 Å². The lowest BCUT2D eigenvalue weighted by Gasteiger charge is -2.11. The van der Waals surface area contributed by atoms with Crippen LogP contribution in [0.4, 0.5) is 0 Å². The molecule has 0 aliphatic carbocycles. The summed E-state index contributed by atoms with van der Waals surface area (Å²) >= 11 is 5.81. The fourth-order valence-corrected chi connectivity index (χ4v) is 1.99. The highest BCUT2D eigenvalue weighted by Gasteiger charge is 2.16. The summed E-state index contributed by atoms with van der Waals surface area (Å²) in [5, 5.41) is 2.89. The number of fused-ring (bicyclic) bond motifs is 1. The molecule has 0 fully saturated rings. The lowest BCUT2D eigenvalue weighted by Crippen LogP contribution is -2.38. The Balaban J connectivity index is 2.00. The zero-order valence-corrected chi connectivity index (χ0v) is 14.3. The van der Waals surface area contributed by atoms with Crippen LogP contribution >= 0.6 is 11.6 Å². The average Bonchev–Trinajstić information content (AvgIpc) is 2.57. The van der Waals surface area contributed by atoms with Gasteiger partial charge in [0.15, 0.2) is 12.0 Å². The van der Waals surface area contributed by atoms with E-state index in [1.807, 2.05) is 0 Å². The topological polar surface area (TPSA) is 106 Å². The number of hydrogen-bond acceptors (Lipinski definition) is 6. The number of amides is 2. The van der Waals surface area contributed by atoms with Crippen molar-refractivity contribution in [2.45, 2.75) is 0 Å². The van der Waals surface area contributed by atoms with E-state index in [9.17, 15) is 19.2 Å². The molecular formula is C16H15ClN2O6. The summed E-state index contributed by atoms with van der Waals surface area (Å²) in [4.78, 5) is 48.1. The van der Waals surface area contributed by atoms with Gasteiger partial charge in [-0.25, -0.2) is 4.79 Å². The van der Waals surface area contributed by atoms with Crippen molar-refractivity contribution in [2.24, 2.45) is 0 Å². The van der Waals surface area contributed by atoms with E-state index >= 15 is 0 Å². The minimum atomic E-state index is -0.969. The van der Waals surface area contributed by atoms with Gasteiger partial charge in [-0.3, -0.25) is 14.4 Å². The SMILES string of the molecule is CN(C)C(=O)CNC(=O)COC(=O)c1cc(=O)c2cc(Cl)ccc2o1. The van der Waals surface area contributed by atoms with E-state index in [2.05, 4.69) is 5.32 Å². The number of likely N-dealkylation sites (N-methyl/N-ethyl adjacent to an activating group) is 1. The first-order chi connectivity index (χ1) is 11.8. The molecule has 0 bridgehead atoms. The van der Waals surface area contributed by atoms with E-state index < -0.39 is 23.9 Å². The average molecular weight is 367 g/mol. The Kier molecular flexibility index (Phi) is 5.76. The van der Waals surface area contributed by atoms with Gasteiger partial charge < -0.3 is 19.4 Å². The van der Waals surface area contributed by atoms with E-state index in [0.29, 0.717) is 5.02 Å². The van der Waals surface area contributed by atoms with Gasteiger partial charge in [-0.1, -0.05) is 11.6 Å². The van der Waals surface area contributed by atoms with Crippen molar-refractivity contribution in [1.82, 2.24) is 10.2 Å². The van der Waals surface area contributed by atoms with Crippen molar-refractivity contribution in [2.75, 3.05) is 27.2 Å². The zero-order valence-electron chi connectivity index (χ0n) is 13.5. The van der Waals surface area contributed by atoms with Crippen LogP contribution in [-0.2, 0) is 14.3 Å². The molecule has 1 aromatic carbocycles. The number of halogens is 1. The zero-order chi connectivity index (χ0) is 18.6. The van der Waals surface area contributed by atoms with Gasteiger partial charge in [0.05, 0.1) is 11.9 Å². The summed E-state index contributed by atoms with van der Waals surface area (Å²) in [5.41, 5.74) is -0.290. The van der Waals surface area contributed by atoms with Crippen LogP contribution in [0.15, 0.2) is 33.5 Å². The van der Waals surface area contributed by atoms with Gasteiger partial charge in [0.1, 0.15) is 5.58 Å². The second kappa shape index (κ2) is 7.80. The minimum absolute atomic E-state index is 0.171. The summed E-state index contributed by atoms with van der Waals surface area (Å²) < 4.78 is 10.1. The lowest BCUT2D eigenvalue weighted by molar-refractivity contribution is -0.131. The molecule has 1 aromatic heterocycles. The Morgan fingerprint density at radius 3 is 2.64 bits per heavy atom. The number of nitrogens with one attached hydrogen (secondary N) is 1. The summed E-state index contributed by atoms with van der Waals surface area (Å²) in [6.45, 7) is -0.822. The fraction of sp³-hybridized carbons (Fsp3) is 0.250. The summed E-state index contributed by atoms with van der Waals surface area (Å²) in [6.07, 6.45) is 0. The van der Waals surface area contributed by atoms with Crippen molar-refractivity contribution in [1.29, 1.82) is 0 Å². The van der Waals surface area contributed by atoms with Crippen LogP contribution in [0, 0.1) is 0 Å². The molecule has 1 heterocycles. The van der Waals surface area contributed by atoms with Gasteiger partial charge >= 0.3 is 5.97 Å². The number of nitrogens with zero attached hydrogens (tertiary/aromatic N) is 1. The molecule has 132 valence electrons. The Labute approximate surface area is 147 Å². The molecular weight excluding hydrogens is 352 g/mol. The van der Waals surface area contributed by atoms with Crippen molar-refractivity contribution >= 4 is 40.4 Å². The van der Waals surface area contributed by atoms with Crippen LogP contribution in [0.3, 0.4) is 0 Å². The Morgan fingerprint density at radius 1 is 1.24 bits per heavy atom. The van der Waals surface area contributed by atoms with E-state index in [1.54, 1.807) is 14.1 Å². The van der Waals surface area contributed by atoms with Gasteiger partial charge in [0.2, 0.25) is 11.7 Å². The summed E-state index contributed by atoms with van der Waals surface area (Å²) in [7, 11) is 3.09. The molecule has 2 rings (SSSR count). The normalized spacial score (nSPS) is 10.4. The lowest BCUT2D eigenvalue weighted by atomic mass is 10.2. The van der Waals surface area contributed by atoms with Crippen LogP contribution in [0.25, 0.3) is 11.0 Å². The predicted octanol–water partition coefficient (Wildman–Crippen LogP) is 0.808. The number of rotatable bonds is 5. The fourth-order valence-electron chi connectivity index (χ4n) is 1.81. The Morgan fingerprint density at radius 2 is 1.96 bits per heavy atom. The first kappa shape index (κ1) is 18.5. The maximum absolute atomic E-state index is 12.0. The number of carbonyl (C=O) groups excluding carboxylic acids is 3. The molecule has 25 heavy (non-hydrogen) atoms. The number of esters is 1. The molecule has 0 aliphatic rings. The van der Waals surface area contributed by atoms with Gasteiger partial charge in [-0.15, -0.1) is 0 Å². The van der Waals surface area contributed by atoms with Gasteiger partial charge in [0, 0.05) is 25.2 Å². The highest BCUT2D eigenvalue weighted by Crippen LogP contribution is 2.17. The van der Waals surface area contributed by atoms with Crippen molar-refractivity contribution in [3.05, 3.63) is 45.3 Å². The van der Waals surface area contributed by atoms with Crippen LogP contribution in [-0.4, -0.2) is 49.9 Å². The Hall–Kier alpha value is -2.87. The van der Waals surface area contributed by atoms with Crippen molar-refractivity contribution in [3.63, 3.8) is 0 Å². The molecule has 1 N–H and O–H groups in total. The standard InChI is InChI=1S/C16H15ClN2O6/c1-19(2)15(22)7-18-14(21)8-24-16(23)13-6-11(20)10-5-9(17)3-4-12(10)25-13/h3-6H,7-8H2,1-2H3,(H,18,21). The molecule has 8 nitrogen and oxygen atoms in total. The molecule has 0 unspecified atom stereocenters. The minimum Gasteiger partial charge on any atom is -0.450 e. The maximum atomic E-state index is 12.0. The first-order valence-electron chi connectivity index (χ1n) is 7.15. The van der Waals surface area contributed by atoms with Crippen LogP contribution in [0.1, 0.15) is 10.6 Å². The molecule has 2 amide bonds. The smallest absolute Gasteiger partial charge is 0.374 e. The van der Waals surface area contributed by atoms with E-state index in [4.69, 9.17) is 20.8 Å². The van der Waals surface area contributed by atoms with E-state index in [1.165, 1.54) is 23.1 Å².